The average molecular weight is 329 g/mol. The number of aromatic nitrogens is 4. The van der Waals surface area contributed by atoms with E-state index in [2.05, 4.69) is 25.7 Å². The highest BCUT2D eigenvalue weighted by Crippen LogP contribution is 2.20. The summed E-state index contributed by atoms with van der Waals surface area (Å²) in [6, 6.07) is 10.7. The molecule has 0 atom stereocenters. The van der Waals surface area contributed by atoms with E-state index in [1.54, 1.807) is 30.7 Å². The number of anilines is 2. The van der Waals surface area contributed by atoms with Gasteiger partial charge in [0.25, 0.3) is 0 Å². The van der Waals surface area contributed by atoms with Crippen molar-refractivity contribution >= 4 is 28.9 Å². The summed E-state index contributed by atoms with van der Waals surface area (Å²) in [5.74, 6) is 0.426. The van der Waals surface area contributed by atoms with Gasteiger partial charge in [0.05, 0.1) is 29.1 Å². The molecule has 0 spiro atoms. The lowest BCUT2D eigenvalue weighted by atomic mass is 10.3. The van der Waals surface area contributed by atoms with Gasteiger partial charge in [0.15, 0.2) is 5.82 Å². The Morgan fingerprint density at radius 3 is 2.78 bits per heavy atom. The average Bonchev–Trinajstić information content (AvgIpc) is 3.09. The predicted molar refractivity (Wildman–Crippen MR) is 87.7 cm³/mol. The Morgan fingerprint density at radius 1 is 1.22 bits per heavy atom. The molecule has 0 bridgehead atoms. The summed E-state index contributed by atoms with van der Waals surface area (Å²) >= 11 is 6.02. The zero-order valence-corrected chi connectivity index (χ0v) is 12.7. The minimum atomic E-state index is -0.194. The minimum absolute atomic E-state index is 0.106. The number of hydrogen-bond acceptors (Lipinski definition) is 5. The molecular weight excluding hydrogens is 316 g/mol. The SMILES string of the molecule is O=C(CNc1ccccc1Cl)Nc1ccc(-n2cncn2)nc1. The van der Waals surface area contributed by atoms with Crippen molar-refractivity contribution < 1.29 is 4.79 Å². The minimum Gasteiger partial charge on any atom is -0.375 e. The highest BCUT2D eigenvalue weighted by Gasteiger charge is 2.05. The van der Waals surface area contributed by atoms with Crippen LogP contribution in [-0.4, -0.2) is 32.2 Å². The topological polar surface area (TPSA) is 84.7 Å². The zero-order chi connectivity index (χ0) is 16.1. The van der Waals surface area contributed by atoms with Crippen LogP contribution in [0.3, 0.4) is 0 Å². The number of nitrogens with zero attached hydrogens (tertiary/aromatic N) is 4. The fourth-order valence-electron chi connectivity index (χ4n) is 1.91. The summed E-state index contributed by atoms with van der Waals surface area (Å²) < 4.78 is 1.53. The Labute approximate surface area is 137 Å². The molecule has 23 heavy (non-hydrogen) atoms. The maximum absolute atomic E-state index is 11.9. The first kappa shape index (κ1) is 15.0. The van der Waals surface area contributed by atoms with E-state index in [4.69, 9.17) is 11.6 Å². The highest BCUT2D eigenvalue weighted by molar-refractivity contribution is 6.33. The molecule has 3 aromatic rings. The monoisotopic (exact) mass is 328 g/mol. The molecule has 7 nitrogen and oxygen atoms in total. The Morgan fingerprint density at radius 2 is 2.09 bits per heavy atom. The van der Waals surface area contributed by atoms with Crippen LogP contribution in [0.25, 0.3) is 5.82 Å². The molecule has 0 saturated heterocycles. The van der Waals surface area contributed by atoms with E-state index < -0.39 is 0 Å². The van der Waals surface area contributed by atoms with Gasteiger partial charge in [0, 0.05) is 0 Å². The summed E-state index contributed by atoms with van der Waals surface area (Å²) in [5, 5.41) is 10.3. The molecule has 0 aliphatic carbocycles. The number of amides is 1. The Kier molecular flexibility index (Phi) is 4.49. The van der Waals surface area contributed by atoms with Crippen LogP contribution in [0.15, 0.2) is 55.2 Å². The van der Waals surface area contributed by atoms with Crippen molar-refractivity contribution in [2.45, 2.75) is 0 Å². The number of carbonyl (C=O) groups excluding carboxylic acids is 1. The van der Waals surface area contributed by atoms with Crippen LogP contribution in [0.4, 0.5) is 11.4 Å². The van der Waals surface area contributed by atoms with Crippen LogP contribution < -0.4 is 10.6 Å². The van der Waals surface area contributed by atoms with E-state index in [1.807, 2.05) is 18.2 Å². The third kappa shape index (κ3) is 3.83. The molecule has 2 heterocycles. The van der Waals surface area contributed by atoms with Gasteiger partial charge in [-0.1, -0.05) is 23.7 Å². The summed E-state index contributed by atoms with van der Waals surface area (Å²) in [6.45, 7) is 0.106. The molecule has 2 aromatic heterocycles. The number of hydrogen-bond donors (Lipinski definition) is 2. The molecule has 1 aromatic carbocycles. The van der Waals surface area contributed by atoms with Crippen molar-refractivity contribution in [2.75, 3.05) is 17.2 Å². The molecule has 1 amide bonds. The third-order valence-electron chi connectivity index (χ3n) is 3.00. The molecule has 8 heteroatoms. The number of carbonyl (C=O) groups is 1. The summed E-state index contributed by atoms with van der Waals surface area (Å²) in [4.78, 5) is 20.0. The van der Waals surface area contributed by atoms with Crippen molar-refractivity contribution in [3.05, 3.63) is 60.3 Å². The van der Waals surface area contributed by atoms with Crippen LogP contribution in [0, 0.1) is 0 Å². The second-order valence-electron chi connectivity index (χ2n) is 4.63. The maximum atomic E-state index is 11.9. The van der Waals surface area contributed by atoms with Gasteiger partial charge in [-0.15, -0.1) is 0 Å². The Bertz CT molecular complexity index is 788. The van der Waals surface area contributed by atoms with Crippen LogP contribution in [-0.2, 0) is 4.79 Å². The fourth-order valence-corrected chi connectivity index (χ4v) is 2.11. The van der Waals surface area contributed by atoms with E-state index in [-0.39, 0.29) is 12.5 Å². The smallest absolute Gasteiger partial charge is 0.243 e. The lowest BCUT2D eigenvalue weighted by Gasteiger charge is -2.09. The zero-order valence-electron chi connectivity index (χ0n) is 12.0. The number of nitrogens with one attached hydrogen (secondary N) is 2. The number of halogens is 1. The van der Waals surface area contributed by atoms with E-state index >= 15 is 0 Å². The largest absolute Gasteiger partial charge is 0.375 e. The van der Waals surface area contributed by atoms with E-state index in [0.29, 0.717) is 22.2 Å². The molecule has 0 fully saturated rings. The highest BCUT2D eigenvalue weighted by atomic mass is 35.5. The van der Waals surface area contributed by atoms with Crippen molar-refractivity contribution in [1.29, 1.82) is 0 Å². The molecule has 116 valence electrons. The molecule has 0 radical (unpaired) electrons. The molecular formula is C15H13ClN6O. The van der Waals surface area contributed by atoms with E-state index in [9.17, 15) is 4.79 Å². The van der Waals surface area contributed by atoms with E-state index in [1.165, 1.54) is 11.0 Å². The molecule has 0 unspecified atom stereocenters. The number of pyridine rings is 1. The first-order valence-corrected chi connectivity index (χ1v) is 7.19. The predicted octanol–water partition coefficient (Wildman–Crippen LogP) is 2.37. The number of para-hydroxylation sites is 1. The van der Waals surface area contributed by atoms with Gasteiger partial charge in [0.1, 0.15) is 12.7 Å². The van der Waals surface area contributed by atoms with Gasteiger partial charge in [-0.3, -0.25) is 4.79 Å². The standard InChI is InChI=1S/C15H13ClN6O/c16-12-3-1-2-4-13(12)18-8-15(23)21-11-5-6-14(19-7-11)22-10-17-9-20-22/h1-7,9-10,18H,8H2,(H,21,23). The second kappa shape index (κ2) is 6.89. The molecule has 0 aliphatic heterocycles. The van der Waals surface area contributed by atoms with Gasteiger partial charge in [0.2, 0.25) is 5.91 Å². The fraction of sp³-hybridized carbons (Fsp3) is 0.0667. The number of benzene rings is 1. The van der Waals surface area contributed by atoms with Crippen LogP contribution in [0.2, 0.25) is 5.02 Å². The van der Waals surface area contributed by atoms with Crippen LogP contribution >= 0.6 is 11.6 Å². The van der Waals surface area contributed by atoms with Gasteiger partial charge in [-0.25, -0.2) is 14.6 Å². The molecule has 2 N–H and O–H groups in total. The Hall–Kier alpha value is -2.93. The van der Waals surface area contributed by atoms with Gasteiger partial charge < -0.3 is 10.6 Å². The maximum Gasteiger partial charge on any atom is 0.243 e. The molecule has 3 rings (SSSR count). The van der Waals surface area contributed by atoms with Crippen molar-refractivity contribution in [3.63, 3.8) is 0 Å². The van der Waals surface area contributed by atoms with Crippen molar-refractivity contribution in [3.8, 4) is 5.82 Å². The van der Waals surface area contributed by atoms with Crippen LogP contribution in [0.1, 0.15) is 0 Å². The molecule has 0 saturated carbocycles. The molecule has 0 aliphatic rings. The quantitative estimate of drug-likeness (QED) is 0.751. The second-order valence-corrected chi connectivity index (χ2v) is 5.03. The van der Waals surface area contributed by atoms with Crippen molar-refractivity contribution in [1.82, 2.24) is 19.7 Å². The lowest BCUT2D eigenvalue weighted by Crippen LogP contribution is -2.22. The van der Waals surface area contributed by atoms with Crippen molar-refractivity contribution in [2.24, 2.45) is 0 Å². The van der Waals surface area contributed by atoms with Gasteiger partial charge in [-0.2, -0.15) is 5.10 Å². The first-order chi connectivity index (χ1) is 11.2. The summed E-state index contributed by atoms with van der Waals surface area (Å²) in [6.07, 6.45) is 4.54. The van der Waals surface area contributed by atoms with E-state index in [0.717, 1.165) is 0 Å². The van der Waals surface area contributed by atoms with Gasteiger partial charge in [-0.05, 0) is 24.3 Å². The normalized spacial score (nSPS) is 10.3. The summed E-state index contributed by atoms with van der Waals surface area (Å²) in [7, 11) is 0. The Balaban J connectivity index is 1.57. The van der Waals surface area contributed by atoms with Gasteiger partial charge >= 0.3 is 0 Å². The first-order valence-electron chi connectivity index (χ1n) is 6.82. The number of rotatable bonds is 5. The summed E-state index contributed by atoms with van der Waals surface area (Å²) in [5.41, 5.74) is 1.31. The van der Waals surface area contributed by atoms with Crippen LogP contribution in [0.5, 0.6) is 0 Å². The lowest BCUT2D eigenvalue weighted by molar-refractivity contribution is -0.114. The third-order valence-corrected chi connectivity index (χ3v) is 3.33.